The Bertz CT molecular complexity index is 1500. The lowest BCUT2D eigenvalue weighted by Crippen LogP contribution is -2.03. The van der Waals surface area contributed by atoms with Crippen LogP contribution in [0.5, 0.6) is 28.7 Å². The van der Waals surface area contributed by atoms with E-state index in [4.69, 9.17) is 4.74 Å². The summed E-state index contributed by atoms with van der Waals surface area (Å²) in [5.74, 6) is -1.18. The van der Waals surface area contributed by atoms with Crippen molar-refractivity contribution in [3.8, 4) is 39.9 Å². The van der Waals surface area contributed by atoms with E-state index in [9.17, 15) is 20.1 Å². The predicted octanol–water partition coefficient (Wildman–Crippen LogP) is 6.65. The summed E-state index contributed by atoms with van der Waals surface area (Å²) in [7, 11) is 0. The van der Waals surface area contributed by atoms with E-state index in [2.05, 4.69) is 0 Å². The molecular formula is C29H20O5. The van der Waals surface area contributed by atoms with Crippen molar-refractivity contribution in [3.63, 3.8) is 0 Å². The summed E-state index contributed by atoms with van der Waals surface area (Å²) >= 11 is 0. The number of para-hydroxylation sites is 1. The van der Waals surface area contributed by atoms with Gasteiger partial charge in [-0.05, 0) is 58.8 Å². The molecule has 0 bridgehead atoms. The van der Waals surface area contributed by atoms with Crippen molar-refractivity contribution >= 4 is 16.6 Å². The maximum absolute atomic E-state index is 13.3. The van der Waals surface area contributed by atoms with Crippen molar-refractivity contribution in [1.82, 2.24) is 0 Å². The van der Waals surface area contributed by atoms with E-state index >= 15 is 0 Å². The molecule has 0 saturated carbocycles. The monoisotopic (exact) mass is 448 g/mol. The van der Waals surface area contributed by atoms with Crippen molar-refractivity contribution < 1.29 is 24.9 Å². The molecule has 0 radical (unpaired) electrons. The van der Waals surface area contributed by atoms with Crippen LogP contribution < -0.4 is 4.74 Å². The molecule has 0 aliphatic rings. The molecule has 0 fully saturated rings. The number of benzene rings is 5. The molecule has 0 aliphatic heterocycles. The summed E-state index contributed by atoms with van der Waals surface area (Å²) in [5.41, 5.74) is 1.06. The zero-order valence-corrected chi connectivity index (χ0v) is 18.0. The van der Waals surface area contributed by atoms with Gasteiger partial charge in [-0.1, -0.05) is 60.7 Å². The summed E-state index contributed by atoms with van der Waals surface area (Å²) in [5, 5.41) is 33.3. The first kappa shape index (κ1) is 21.1. The van der Waals surface area contributed by atoms with E-state index < -0.39 is 23.0 Å². The van der Waals surface area contributed by atoms with E-state index in [0.29, 0.717) is 22.6 Å². The van der Waals surface area contributed by atoms with Crippen molar-refractivity contribution in [2.75, 3.05) is 0 Å². The SMILES string of the molecule is O=C(c1ccc(Oc2ccccc2)cc1)c1cc(-c2cccc3ccccc23)c(O)c(O)c1O. The Morgan fingerprint density at radius 2 is 1.24 bits per heavy atom. The lowest BCUT2D eigenvalue weighted by molar-refractivity contribution is 0.103. The van der Waals surface area contributed by atoms with Crippen molar-refractivity contribution in [2.45, 2.75) is 0 Å². The van der Waals surface area contributed by atoms with Gasteiger partial charge in [0.2, 0.25) is 5.75 Å². The quantitative estimate of drug-likeness (QED) is 0.207. The van der Waals surface area contributed by atoms with Gasteiger partial charge in [0.05, 0.1) is 5.56 Å². The lowest BCUT2D eigenvalue weighted by Gasteiger charge is -2.14. The third kappa shape index (κ3) is 3.80. The van der Waals surface area contributed by atoms with Crippen LogP contribution in [0.25, 0.3) is 21.9 Å². The molecule has 5 aromatic carbocycles. The molecule has 5 aromatic rings. The zero-order valence-electron chi connectivity index (χ0n) is 18.0. The normalized spacial score (nSPS) is 10.8. The Balaban J connectivity index is 1.54. The van der Waals surface area contributed by atoms with E-state index in [1.807, 2.05) is 66.7 Å². The van der Waals surface area contributed by atoms with Gasteiger partial charge in [-0.3, -0.25) is 4.79 Å². The lowest BCUT2D eigenvalue weighted by atomic mass is 9.93. The number of fused-ring (bicyclic) bond motifs is 1. The van der Waals surface area contributed by atoms with Crippen LogP contribution in [0.3, 0.4) is 0 Å². The number of hydrogen-bond acceptors (Lipinski definition) is 5. The van der Waals surface area contributed by atoms with Gasteiger partial charge >= 0.3 is 0 Å². The van der Waals surface area contributed by atoms with E-state index in [1.54, 1.807) is 30.3 Å². The van der Waals surface area contributed by atoms with Crippen molar-refractivity contribution in [3.05, 3.63) is 114 Å². The van der Waals surface area contributed by atoms with Crippen LogP contribution in [0.15, 0.2) is 103 Å². The average Bonchev–Trinajstić information content (AvgIpc) is 2.88. The van der Waals surface area contributed by atoms with Crippen LogP contribution in [-0.4, -0.2) is 21.1 Å². The first-order valence-corrected chi connectivity index (χ1v) is 10.7. The minimum Gasteiger partial charge on any atom is -0.504 e. The van der Waals surface area contributed by atoms with E-state index in [-0.39, 0.29) is 11.1 Å². The molecule has 166 valence electrons. The van der Waals surface area contributed by atoms with Crippen LogP contribution in [-0.2, 0) is 0 Å². The third-order valence-electron chi connectivity index (χ3n) is 5.67. The largest absolute Gasteiger partial charge is 0.504 e. The van der Waals surface area contributed by atoms with Crippen LogP contribution in [0.2, 0.25) is 0 Å². The van der Waals surface area contributed by atoms with Crippen LogP contribution in [0.1, 0.15) is 15.9 Å². The van der Waals surface area contributed by atoms with Gasteiger partial charge in [-0.25, -0.2) is 0 Å². The molecule has 34 heavy (non-hydrogen) atoms. The molecule has 0 aromatic heterocycles. The molecular weight excluding hydrogens is 428 g/mol. The number of carbonyl (C=O) groups is 1. The van der Waals surface area contributed by atoms with Crippen LogP contribution >= 0.6 is 0 Å². The van der Waals surface area contributed by atoms with Gasteiger partial charge in [0.1, 0.15) is 11.5 Å². The summed E-state index contributed by atoms with van der Waals surface area (Å²) < 4.78 is 5.76. The van der Waals surface area contributed by atoms with Gasteiger partial charge in [0, 0.05) is 11.1 Å². The third-order valence-corrected chi connectivity index (χ3v) is 5.67. The Kier molecular flexibility index (Phi) is 5.36. The maximum atomic E-state index is 13.3. The molecule has 0 amide bonds. The first-order valence-electron chi connectivity index (χ1n) is 10.7. The van der Waals surface area contributed by atoms with Gasteiger partial charge in [-0.2, -0.15) is 0 Å². The molecule has 0 aliphatic carbocycles. The Morgan fingerprint density at radius 3 is 2.00 bits per heavy atom. The standard InChI is InChI=1S/C29H20O5/c30-26(19-13-15-21(16-14-19)34-20-9-2-1-3-10-20)25-17-24(27(31)29(33)28(25)32)23-12-6-8-18-7-4-5-11-22(18)23/h1-17,31-33H. The molecule has 3 N–H and O–H groups in total. The molecule has 0 atom stereocenters. The Morgan fingerprint density at radius 1 is 0.588 bits per heavy atom. The molecule has 0 spiro atoms. The van der Waals surface area contributed by atoms with Crippen LogP contribution in [0.4, 0.5) is 0 Å². The smallest absolute Gasteiger partial charge is 0.201 e. The minimum atomic E-state index is -0.738. The molecule has 0 heterocycles. The highest BCUT2D eigenvalue weighted by Gasteiger charge is 2.23. The maximum Gasteiger partial charge on any atom is 0.201 e. The molecule has 5 heteroatoms. The summed E-state index contributed by atoms with van der Waals surface area (Å²) in [6.07, 6.45) is 0. The Hall–Kier alpha value is -4.77. The summed E-state index contributed by atoms with van der Waals surface area (Å²) in [6.45, 7) is 0. The zero-order chi connectivity index (χ0) is 23.7. The highest BCUT2D eigenvalue weighted by Crippen LogP contribution is 2.46. The first-order chi connectivity index (χ1) is 16.5. The highest BCUT2D eigenvalue weighted by atomic mass is 16.5. The molecule has 0 unspecified atom stereocenters. The van der Waals surface area contributed by atoms with E-state index in [0.717, 1.165) is 10.8 Å². The fourth-order valence-electron chi connectivity index (χ4n) is 3.94. The molecule has 5 nitrogen and oxygen atoms in total. The summed E-state index contributed by atoms with van der Waals surface area (Å²) in [6, 6.07) is 30.3. The molecule has 0 saturated heterocycles. The Labute approximate surface area is 195 Å². The minimum absolute atomic E-state index is 0.116. The van der Waals surface area contributed by atoms with Gasteiger partial charge in [-0.15, -0.1) is 0 Å². The van der Waals surface area contributed by atoms with Gasteiger partial charge < -0.3 is 20.1 Å². The fourth-order valence-corrected chi connectivity index (χ4v) is 3.94. The predicted molar refractivity (Wildman–Crippen MR) is 131 cm³/mol. The molecule has 5 rings (SSSR count). The number of rotatable bonds is 5. The number of ether oxygens (including phenoxy) is 1. The number of phenols is 3. The topological polar surface area (TPSA) is 87.0 Å². The second-order valence-corrected chi connectivity index (χ2v) is 7.81. The van der Waals surface area contributed by atoms with Crippen molar-refractivity contribution in [2.24, 2.45) is 0 Å². The number of hydrogen-bond donors (Lipinski definition) is 3. The number of carbonyl (C=O) groups excluding carboxylic acids is 1. The average molecular weight is 448 g/mol. The van der Waals surface area contributed by atoms with Crippen molar-refractivity contribution in [1.29, 1.82) is 0 Å². The van der Waals surface area contributed by atoms with Gasteiger partial charge in [0.25, 0.3) is 0 Å². The highest BCUT2D eigenvalue weighted by molar-refractivity contribution is 6.13. The van der Waals surface area contributed by atoms with Gasteiger partial charge in [0.15, 0.2) is 17.3 Å². The number of aromatic hydroxyl groups is 3. The summed E-state index contributed by atoms with van der Waals surface area (Å²) in [4.78, 5) is 13.3. The van der Waals surface area contributed by atoms with Crippen LogP contribution in [0, 0.1) is 0 Å². The van der Waals surface area contributed by atoms with E-state index in [1.165, 1.54) is 6.07 Å². The second-order valence-electron chi connectivity index (χ2n) is 7.81. The number of ketones is 1. The fraction of sp³-hybridized carbons (Fsp3) is 0. The second kappa shape index (κ2) is 8.64. The number of phenolic OH excluding ortho intramolecular Hbond substituents is 3.